The molecule has 72 valence electrons. The van der Waals surface area contributed by atoms with Gasteiger partial charge in [0.25, 0.3) is 0 Å². The molecule has 0 spiro atoms. The van der Waals surface area contributed by atoms with Crippen LogP contribution in [0.15, 0.2) is 23.1 Å². The minimum absolute atomic E-state index is 0.909. The first-order chi connectivity index (χ1) is 6.24. The topological polar surface area (TPSA) is 26.0 Å². The van der Waals surface area contributed by atoms with Crippen molar-refractivity contribution in [2.24, 2.45) is 0 Å². The molecule has 1 aromatic carbocycles. The lowest BCUT2D eigenvalue weighted by Crippen LogP contribution is -1.89. The van der Waals surface area contributed by atoms with Gasteiger partial charge in [0.1, 0.15) is 0 Å². The fourth-order valence-corrected chi connectivity index (χ4v) is 2.25. The Bertz CT molecular complexity index is 271. The van der Waals surface area contributed by atoms with E-state index >= 15 is 0 Å². The van der Waals surface area contributed by atoms with Gasteiger partial charge in [0, 0.05) is 10.6 Å². The largest absolute Gasteiger partial charge is 0.398 e. The summed E-state index contributed by atoms with van der Waals surface area (Å²) in [7, 11) is 0. The van der Waals surface area contributed by atoms with E-state index in [1.165, 1.54) is 29.1 Å². The quantitative estimate of drug-likeness (QED) is 0.452. The summed E-state index contributed by atoms with van der Waals surface area (Å²) >= 11 is 1.86. The molecule has 0 atom stereocenters. The maximum absolute atomic E-state index is 5.85. The fourth-order valence-electron chi connectivity index (χ4n) is 1.09. The summed E-state index contributed by atoms with van der Waals surface area (Å²) in [6.45, 7) is 4.31. The third-order valence-corrected chi connectivity index (χ3v) is 3.08. The molecule has 0 saturated carbocycles. The number of aryl methyl sites for hydroxylation is 1. The Labute approximate surface area is 84.7 Å². The molecule has 0 unspecified atom stereocenters. The lowest BCUT2D eigenvalue weighted by molar-refractivity contribution is 0.896. The third-order valence-electron chi connectivity index (χ3n) is 1.92. The number of anilines is 1. The van der Waals surface area contributed by atoms with E-state index in [0.29, 0.717) is 0 Å². The second kappa shape index (κ2) is 5.18. The number of rotatable bonds is 4. The number of nitrogens with two attached hydrogens (primary N) is 1. The Morgan fingerprint density at radius 2 is 2.15 bits per heavy atom. The molecule has 13 heavy (non-hydrogen) atoms. The summed E-state index contributed by atoms with van der Waals surface area (Å²) in [5.41, 5.74) is 8.05. The number of unbranched alkanes of at least 4 members (excludes halogenated alkanes) is 1. The van der Waals surface area contributed by atoms with Crippen molar-refractivity contribution in [3.63, 3.8) is 0 Å². The highest BCUT2D eigenvalue weighted by atomic mass is 32.2. The molecule has 0 fully saturated rings. The zero-order chi connectivity index (χ0) is 9.68. The highest BCUT2D eigenvalue weighted by Gasteiger charge is 1.99. The van der Waals surface area contributed by atoms with Crippen LogP contribution in [0.2, 0.25) is 0 Å². The SMILES string of the molecule is CCCCSc1cc(C)ccc1N. The zero-order valence-electron chi connectivity index (χ0n) is 8.34. The number of benzene rings is 1. The van der Waals surface area contributed by atoms with Crippen LogP contribution in [0.5, 0.6) is 0 Å². The van der Waals surface area contributed by atoms with Gasteiger partial charge in [-0.25, -0.2) is 0 Å². The molecular weight excluding hydrogens is 178 g/mol. The van der Waals surface area contributed by atoms with Crippen molar-refractivity contribution in [1.82, 2.24) is 0 Å². The number of hydrogen-bond donors (Lipinski definition) is 1. The molecule has 0 aliphatic heterocycles. The van der Waals surface area contributed by atoms with Crippen LogP contribution in [0.1, 0.15) is 25.3 Å². The van der Waals surface area contributed by atoms with E-state index in [1.807, 2.05) is 17.8 Å². The van der Waals surface area contributed by atoms with E-state index in [1.54, 1.807) is 0 Å². The van der Waals surface area contributed by atoms with Crippen molar-refractivity contribution in [3.05, 3.63) is 23.8 Å². The molecule has 0 aliphatic rings. The first-order valence-corrected chi connectivity index (χ1v) is 5.71. The lowest BCUT2D eigenvalue weighted by atomic mass is 10.2. The predicted molar refractivity (Wildman–Crippen MR) is 61.2 cm³/mol. The van der Waals surface area contributed by atoms with Gasteiger partial charge in [-0.1, -0.05) is 19.4 Å². The van der Waals surface area contributed by atoms with Crippen molar-refractivity contribution >= 4 is 17.4 Å². The van der Waals surface area contributed by atoms with Gasteiger partial charge >= 0.3 is 0 Å². The molecule has 0 aromatic heterocycles. The summed E-state index contributed by atoms with van der Waals surface area (Å²) in [6.07, 6.45) is 2.51. The minimum Gasteiger partial charge on any atom is -0.398 e. The van der Waals surface area contributed by atoms with Gasteiger partial charge in [0.2, 0.25) is 0 Å². The summed E-state index contributed by atoms with van der Waals surface area (Å²) < 4.78 is 0. The highest BCUT2D eigenvalue weighted by Crippen LogP contribution is 2.26. The number of thioether (sulfide) groups is 1. The minimum atomic E-state index is 0.909. The highest BCUT2D eigenvalue weighted by molar-refractivity contribution is 7.99. The Morgan fingerprint density at radius 1 is 1.38 bits per heavy atom. The van der Waals surface area contributed by atoms with Crippen molar-refractivity contribution in [1.29, 1.82) is 0 Å². The van der Waals surface area contributed by atoms with Crippen LogP contribution in [-0.2, 0) is 0 Å². The monoisotopic (exact) mass is 195 g/mol. The van der Waals surface area contributed by atoms with Crippen LogP contribution in [0.25, 0.3) is 0 Å². The lowest BCUT2D eigenvalue weighted by Gasteiger charge is -2.05. The van der Waals surface area contributed by atoms with Gasteiger partial charge in [0.05, 0.1) is 0 Å². The summed E-state index contributed by atoms with van der Waals surface area (Å²) in [5.74, 6) is 1.17. The van der Waals surface area contributed by atoms with Crippen molar-refractivity contribution in [2.75, 3.05) is 11.5 Å². The average Bonchev–Trinajstić information content (AvgIpc) is 2.11. The normalized spacial score (nSPS) is 10.3. The second-order valence-electron chi connectivity index (χ2n) is 3.24. The zero-order valence-corrected chi connectivity index (χ0v) is 9.16. The molecule has 1 aromatic rings. The third kappa shape index (κ3) is 3.31. The smallest absolute Gasteiger partial charge is 0.0452 e. The Kier molecular flexibility index (Phi) is 4.16. The fraction of sp³-hybridized carbons (Fsp3) is 0.455. The molecule has 0 saturated heterocycles. The first kappa shape index (κ1) is 10.5. The van der Waals surface area contributed by atoms with E-state index in [9.17, 15) is 0 Å². The van der Waals surface area contributed by atoms with Crippen molar-refractivity contribution in [3.8, 4) is 0 Å². The molecule has 0 radical (unpaired) electrons. The van der Waals surface area contributed by atoms with E-state index in [2.05, 4.69) is 26.0 Å². The average molecular weight is 195 g/mol. The van der Waals surface area contributed by atoms with Gasteiger partial charge in [0.15, 0.2) is 0 Å². The van der Waals surface area contributed by atoms with Crippen LogP contribution in [0, 0.1) is 6.92 Å². The van der Waals surface area contributed by atoms with Crippen molar-refractivity contribution < 1.29 is 0 Å². The van der Waals surface area contributed by atoms with Gasteiger partial charge in [-0.15, -0.1) is 11.8 Å². The summed E-state index contributed by atoms with van der Waals surface area (Å²) in [6, 6.07) is 6.21. The molecule has 1 nitrogen and oxygen atoms in total. The van der Waals surface area contributed by atoms with Gasteiger partial charge in [-0.05, 0) is 36.8 Å². The number of nitrogen functional groups attached to an aromatic ring is 1. The van der Waals surface area contributed by atoms with Crippen molar-refractivity contribution in [2.45, 2.75) is 31.6 Å². The number of hydrogen-bond acceptors (Lipinski definition) is 2. The first-order valence-electron chi connectivity index (χ1n) is 4.73. The summed E-state index contributed by atoms with van der Waals surface area (Å²) in [5, 5.41) is 0. The van der Waals surface area contributed by atoms with E-state index in [0.717, 1.165) is 5.69 Å². The molecule has 0 aliphatic carbocycles. The maximum Gasteiger partial charge on any atom is 0.0452 e. The van der Waals surface area contributed by atoms with Crippen LogP contribution >= 0.6 is 11.8 Å². The summed E-state index contributed by atoms with van der Waals surface area (Å²) in [4.78, 5) is 1.23. The standard InChI is InChI=1S/C11H17NS/c1-3-4-7-13-11-8-9(2)5-6-10(11)12/h5-6,8H,3-4,7,12H2,1-2H3. The van der Waals surface area contributed by atoms with Crippen LogP contribution < -0.4 is 5.73 Å². The van der Waals surface area contributed by atoms with Crippen LogP contribution in [-0.4, -0.2) is 5.75 Å². The molecule has 1 rings (SSSR count). The second-order valence-corrected chi connectivity index (χ2v) is 4.38. The van der Waals surface area contributed by atoms with Gasteiger partial charge in [-0.2, -0.15) is 0 Å². The van der Waals surface area contributed by atoms with Crippen LogP contribution in [0.3, 0.4) is 0 Å². The van der Waals surface area contributed by atoms with E-state index in [-0.39, 0.29) is 0 Å². The van der Waals surface area contributed by atoms with Gasteiger partial charge < -0.3 is 5.73 Å². The Balaban J connectivity index is 2.59. The van der Waals surface area contributed by atoms with Crippen LogP contribution in [0.4, 0.5) is 5.69 Å². The molecular formula is C11H17NS. The molecule has 2 N–H and O–H groups in total. The maximum atomic E-state index is 5.85. The molecule has 0 heterocycles. The molecule has 0 amide bonds. The Morgan fingerprint density at radius 3 is 2.85 bits per heavy atom. The van der Waals surface area contributed by atoms with Gasteiger partial charge in [-0.3, -0.25) is 0 Å². The predicted octanol–water partition coefficient (Wildman–Crippen LogP) is 3.47. The Hall–Kier alpha value is -0.630. The van der Waals surface area contributed by atoms with E-state index < -0.39 is 0 Å². The molecule has 2 heteroatoms. The van der Waals surface area contributed by atoms with E-state index in [4.69, 9.17) is 5.73 Å². The molecule has 0 bridgehead atoms.